The molecule has 0 unspecified atom stereocenters. The molecule has 0 saturated carbocycles. The zero-order chi connectivity index (χ0) is 27.8. The van der Waals surface area contributed by atoms with E-state index < -0.39 is 30.4 Å². The first-order valence-electron chi connectivity index (χ1n) is 13.3. The average Bonchev–Trinajstić information content (AvgIpc) is 3.12. The van der Waals surface area contributed by atoms with Crippen LogP contribution in [0.1, 0.15) is 82.3 Å². The van der Waals surface area contributed by atoms with Gasteiger partial charge in [0.05, 0.1) is 23.4 Å². The van der Waals surface area contributed by atoms with Gasteiger partial charge in [-0.3, -0.25) is 4.98 Å². The molecule has 0 radical (unpaired) electrons. The number of carbonyl (C=O) groups excluding carboxylic acids is 1. The summed E-state index contributed by atoms with van der Waals surface area (Å²) in [7, 11) is -0.560. The number of aliphatic hydroxyl groups excluding tert-OH is 1. The molecule has 2 aromatic rings. The van der Waals surface area contributed by atoms with Crippen molar-refractivity contribution in [2.45, 2.75) is 77.6 Å². The topological polar surface area (TPSA) is 87.1 Å². The van der Waals surface area contributed by atoms with Crippen molar-refractivity contribution in [3.8, 4) is 5.75 Å². The maximum Gasteiger partial charge on any atom is 0.494 e. The number of rotatable bonds is 13. The minimum absolute atomic E-state index is 0.0671. The van der Waals surface area contributed by atoms with Gasteiger partial charge in [0.1, 0.15) is 18.5 Å². The van der Waals surface area contributed by atoms with Crippen LogP contribution in [-0.2, 0) is 14.0 Å². The summed E-state index contributed by atoms with van der Waals surface area (Å²) >= 11 is 0. The van der Waals surface area contributed by atoms with Crippen molar-refractivity contribution in [1.82, 2.24) is 4.98 Å². The summed E-state index contributed by atoms with van der Waals surface area (Å²) in [5.41, 5.74) is 2.10. The molecular formula is C30H40BNO6. The fourth-order valence-corrected chi connectivity index (χ4v) is 4.03. The zero-order valence-corrected chi connectivity index (χ0v) is 23.2. The van der Waals surface area contributed by atoms with Crippen LogP contribution in [0, 0.1) is 0 Å². The number of hydrogen-bond acceptors (Lipinski definition) is 7. The predicted octanol–water partition coefficient (Wildman–Crippen LogP) is 6.05. The van der Waals surface area contributed by atoms with Gasteiger partial charge in [0, 0.05) is 18.8 Å². The summed E-state index contributed by atoms with van der Waals surface area (Å²) in [5.74, 6) is 0.191. The van der Waals surface area contributed by atoms with E-state index in [9.17, 15) is 4.79 Å². The van der Waals surface area contributed by atoms with Crippen LogP contribution in [0.4, 0.5) is 0 Å². The van der Waals surface area contributed by atoms with E-state index in [2.05, 4.69) is 18.5 Å². The maximum atomic E-state index is 13.0. The largest absolute Gasteiger partial charge is 0.494 e. The van der Waals surface area contributed by atoms with E-state index in [0.29, 0.717) is 17.7 Å². The molecule has 0 amide bonds. The van der Waals surface area contributed by atoms with Crippen LogP contribution in [-0.4, -0.2) is 47.6 Å². The number of carbonyl (C=O) groups is 1. The van der Waals surface area contributed by atoms with Gasteiger partial charge in [0.25, 0.3) is 0 Å². The molecule has 0 aliphatic carbocycles. The van der Waals surface area contributed by atoms with E-state index in [-0.39, 0.29) is 13.2 Å². The SMILES string of the molecule is C=C(CCCC)/C(=C/C[C@H](OC(=O)c1ccncc1)c1ccc(OCCO)cc1)B1OC(C)(C)C(C)(C)O1. The Bertz CT molecular complexity index is 1080. The van der Waals surface area contributed by atoms with Crippen molar-refractivity contribution < 1.29 is 28.7 Å². The van der Waals surface area contributed by atoms with Crippen LogP contribution in [0.5, 0.6) is 5.75 Å². The minimum atomic E-state index is -0.570. The molecule has 1 fully saturated rings. The second kappa shape index (κ2) is 13.2. The first-order chi connectivity index (χ1) is 18.1. The van der Waals surface area contributed by atoms with Crippen molar-refractivity contribution in [2.24, 2.45) is 0 Å². The molecule has 7 nitrogen and oxygen atoms in total. The van der Waals surface area contributed by atoms with E-state index in [1.165, 1.54) is 0 Å². The number of aromatic nitrogens is 1. The lowest BCUT2D eigenvalue weighted by Crippen LogP contribution is -2.41. The number of esters is 1. The second-order valence-corrected chi connectivity index (χ2v) is 10.5. The van der Waals surface area contributed by atoms with Gasteiger partial charge < -0.3 is 23.9 Å². The highest BCUT2D eigenvalue weighted by molar-refractivity contribution is 6.56. The highest BCUT2D eigenvalue weighted by Gasteiger charge is 2.52. The lowest BCUT2D eigenvalue weighted by atomic mass is 9.72. The van der Waals surface area contributed by atoms with E-state index in [1.54, 1.807) is 36.7 Å². The van der Waals surface area contributed by atoms with Crippen LogP contribution in [0.2, 0.25) is 0 Å². The summed E-state index contributed by atoms with van der Waals surface area (Å²) in [4.78, 5) is 17.0. The fourth-order valence-electron chi connectivity index (χ4n) is 4.03. The third-order valence-electron chi connectivity index (χ3n) is 7.08. The number of nitrogens with zero attached hydrogens (tertiary/aromatic N) is 1. The number of unbranched alkanes of at least 4 members (excludes halogenated alkanes) is 1. The Labute approximate surface area is 227 Å². The number of ether oxygens (including phenoxy) is 2. The molecule has 0 spiro atoms. The molecule has 2 heterocycles. The van der Waals surface area contributed by atoms with Crippen LogP contribution in [0.25, 0.3) is 0 Å². The Balaban J connectivity index is 1.91. The van der Waals surface area contributed by atoms with Gasteiger partial charge in [-0.05, 0) is 75.8 Å². The number of hydrogen-bond donors (Lipinski definition) is 1. The number of benzene rings is 1. The van der Waals surface area contributed by atoms with Gasteiger partial charge >= 0.3 is 13.1 Å². The van der Waals surface area contributed by atoms with Crippen molar-refractivity contribution in [3.05, 3.63) is 83.6 Å². The second-order valence-electron chi connectivity index (χ2n) is 10.5. The van der Waals surface area contributed by atoms with Crippen molar-refractivity contribution in [2.75, 3.05) is 13.2 Å². The van der Waals surface area contributed by atoms with E-state index in [1.807, 2.05) is 45.9 Å². The smallest absolute Gasteiger partial charge is 0.491 e. The molecule has 1 aromatic carbocycles. The molecule has 1 aliphatic rings. The predicted molar refractivity (Wildman–Crippen MR) is 149 cm³/mol. The van der Waals surface area contributed by atoms with Crippen LogP contribution >= 0.6 is 0 Å². The van der Waals surface area contributed by atoms with Crippen LogP contribution in [0.15, 0.2) is 72.5 Å². The van der Waals surface area contributed by atoms with Crippen molar-refractivity contribution in [1.29, 1.82) is 0 Å². The quantitative estimate of drug-likeness (QED) is 0.195. The molecule has 1 aliphatic heterocycles. The number of pyridine rings is 1. The lowest BCUT2D eigenvalue weighted by Gasteiger charge is -2.32. The van der Waals surface area contributed by atoms with Crippen molar-refractivity contribution >= 4 is 13.1 Å². The normalized spacial score (nSPS) is 17.2. The molecular weight excluding hydrogens is 481 g/mol. The van der Waals surface area contributed by atoms with Crippen LogP contribution in [0.3, 0.4) is 0 Å². The van der Waals surface area contributed by atoms with Gasteiger partial charge in [0.15, 0.2) is 0 Å². The lowest BCUT2D eigenvalue weighted by molar-refractivity contribution is 0.00578. The highest BCUT2D eigenvalue weighted by atomic mass is 16.7. The zero-order valence-electron chi connectivity index (χ0n) is 23.2. The monoisotopic (exact) mass is 521 g/mol. The molecule has 38 heavy (non-hydrogen) atoms. The van der Waals surface area contributed by atoms with E-state index in [4.69, 9.17) is 23.9 Å². The summed E-state index contributed by atoms with van der Waals surface area (Å²) in [6.45, 7) is 14.7. The molecule has 8 heteroatoms. The minimum Gasteiger partial charge on any atom is -0.491 e. The van der Waals surface area contributed by atoms with Crippen LogP contribution < -0.4 is 4.74 Å². The summed E-state index contributed by atoms with van der Waals surface area (Å²) in [5, 5.41) is 9.03. The van der Waals surface area contributed by atoms with Crippen molar-refractivity contribution in [3.63, 3.8) is 0 Å². The van der Waals surface area contributed by atoms with Gasteiger partial charge in [-0.15, -0.1) is 0 Å². The Morgan fingerprint density at radius 3 is 2.32 bits per heavy atom. The standard InChI is InChI=1S/C30H40BNO6/c1-7-8-9-22(2)26(31-37-29(3,4)30(5,6)38-31)14-15-27(36-28(34)24-16-18-32-19-17-24)23-10-12-25(13-11-23)35-21-20-33/h10-14,16-19,27,33H,2,7-9,15,20-21H2,1,3-6H3/b26-14-/t27-/m0/s1. The molecule has 1 N–H and O–H groups in total. The summed E-state index contributed by atoms with van der Waals surface area (Å²) in [6, 6.07) is 10.6. The summed E-state index contributed by atoms with van der Waals surface area (Å²) in [6.07, 6.45) is 7.86. The molecule has 0 bridgehead atoms. The maximum absolute atomic E-state index is 13.0. The highest BCUT2D eigenvalue weighted by Crippen LogP contribution is 2.40. The Morgan fingerprint density at radius 2 is 1.74 bits per heavy atom. The molecule has 3 rings (SSSR count). The van der Waals surface area contributed by atoms with E-state index >= 15 is 0 Å². The molecule has 1 atom stereocenters. The Hall–Kier alpha value is -2.94. The Kier molecular flexibility index (Phi) is 10.3. The first kappa shape index (κ1) is 29.6. The van der Waals surface area contributed by atoms with Gasteiger partial charge in [-0.1, -0.05) is 43.7 Å². The average molecular weight is 521 g/mol. The molecule has 1 saturated heterocycles. The third kappa shape index (κ3) is 7.56. The third-order valence-corrected chi connectivity index (χ3v) is 7.08. The number of allylic oxidation sites excluding steroid dienone is 2. The Morgan fingerprint density at radius 1 is 1.11 bits per heavy atom. The summed E-state index contributed by atoms with van der Waals surface area (Å²) < 4.78 is 24.2. The molecule has 1 aromatic heterocycles. The van der Waals surface area contributed by atoms with Gasteiger partial charge in [0.2, 0.25) is 0 Å². The first-order valence-corrected chi connectivity index (χ1v) is 13.3. The molecule has 204 valence electrons. The van der Waals surface area contributed by atoms with Gasteiger partial charge in [-0.2, -0.15) is 0 Å². The van der Waals surface area contributed by atoms with Gasteiger partial charge in [-0.25, -0.2) is 4.79 Å². The van der Waals surface area contributed by atoms with E-state index in [0.717, 1.165) is 35.9 Å². The number of aliphatic hydroxyl groups is 1. The fraction of sp³-hybridized carbons (Fsp3) is 0.467.